The number of pyridine rings is 1. The Bertz CT molecular complexity index is 447. The summed E-state index contributed by atoms with van der Waals surface area (Å²) in [4.78, 5) is 25.8. The van der Waals surface area contributed by atoms with Crippen LogP contribution in [-0.2, 0) is 4.79 Å². The number of nitrogens with two attached hydrogens (primary N) is 1. The molecule has 6 heteroatoms. The zero-order valence-corrected chi connectivity index (χ0v) is 9.73. The average molecular weight is 237 g/mol. The van der Waals surface area contributed by atoms with Gasteiger partial charge in [0.2, 0.25) is 0 Å². The van der Waals surface area contributed by atoms with Crippen molar-refractivity contribution in [1.29, 1.82) is 0 Å². The maximum absolute atomic E-state index is 11.1. The molecular weight excluding hydrogens is 222 g/mol. The number of hydrogen-bond donors (Lipinski definition) is 3. The summed E-state index contributed by atoms with van der Waals surface area (Å²) in [5.41, 5.74) is 4.60. The Morgan fingerprint density at radius 3 is 2.71 bits per heavy atom. The lowest BCUT2D eigenvalue weighted by Crippen LogP contribution is -2.42. The van der Waals surface area contributed by atoms with Crippen LogP contribution in [0.3, 0.4) is 0 Å². The van der Waals surface area contributed by atoms with Gasteiger partial charge in [-0.05, 0) is 25.5 Å². The molecule has 1 aromatic rings. The molecule has 0 aliphatic rings. The van der Waals surface area contributed by atoms with Crippen LogP contribution in [0, 0.1) is 0 Å². The van der Waals surface area contributed by atoms with Gasteiger partial charge in [0.15, 0.2) is 0 Å². The van der Waals surface area contributed by atoms with Gasteiger partial charge in [-0.25, -0.2) is 4.79 Å². The van der Waals surface area contributed by atoms with Crippen molar-refractivity contribution in [3.8, 4) is 0 Å². The highest BCUT2D eigenvalue weighted by molar-refractivity contribution is 5.92. The van der Waals surface area contributed by atoms with Gasteiger partial charge in [0, 0.05) is 11.9 Å². The summed E-state index contributed by atoms with van der Waals surface area (Å²) < 4.78 is 0. The molecule has 92 valence electrons. The van der Waals surface area contributed by atoms with Gasteiger partial charge in [0.05, 0.1) is 0 Å². The Kier molecular flexibility index (Phi) is 3.67. The minimum Gasteiger partial charge on any atom is -0.480 e. The molecule has 4 N–H and O–H groups in total. The third-order valence-electron chi connectivity index (χ3n) is 2.61. The van der Waals surface area contributed by atoms with E-state index < -0.39 is 17.4 Å². The van der Waals surface area contributed by atoms with Crippen molar-refractivity contribution in [2.75, 3.05) is 5.32 Å². The first kappa shape index (κ1) is 13.0. The summed E-state index contributed by atoms with van der Waals surface area (Å²) in [5.74, 6) is -1.61. The number of nitrogens with one attached hydrogen (secondary N) is 1. The topological polar surface area (TPSA) is 105 Å². The highest BCUT2D eigenvalue weighted by atomic mass is 16.4. The Balaban J connectivity index is 2.98. The summed E-state index contributed by atoms with van der Waals surface area (Å²) in [6, 6.07) is 3.02. The molecule has 17 heavy (non-hydrogen) atoms. The third kappa shape index (κ3) is 2.93. The van der Waals surface area contributed by atoms with Crippen LogP contribution >= 0.6 is 0 Å². The van der Waals surface area contributed by atoms with Gasteiger partial charge in [-0.15, -0.1) is 0 Å². The van der Waals surface area contributed by atoms with Gasteiger partial charge in [-0.1, -0.05) is 6.92 Å². The maximum atomic E-state index is 11.1. The first-order valence-corrected chi connectivity index (χ1v) is 5.16. The van der Waals surface area contributed by atoms with Gasteiger partial charge >= 0.3 is 5.97 Å². The standard InChI is InChI=1S/C11H15N3O3/c1-3-11(2,10(16)17)14-7-4-5-13-8(6-7)9(12)15/h4-6H,3H2,1-2H3,(H2,12,15)(H,13,14)(H,16,17). The Labute approximate surface area is 98.8 Å². The first-order chi connectivity index (χ1) is 7.89. The van der Waals surface area contributed by atoms with E-state index in [1.54, 1.807) is 19.9 Å². The van der Waals surface area contributed by atoms with Gasteiger partial charge in [-0.3, -0.25) is 9.78 Å². The summed E-state index contributed by atoms with van der Waals surface area (Å²) in [5, 5.41) is 12.0. The molecule has 1 atom stereocenters. The van der Waals surface area contributed by atoms with E-state index in [0.29, 0.717) is 12.1 Å². The van der Waals surface area contributed by atoms with Crippen LogP contribution in [0.4, 0.5) is 5.69 Å². The van der Waals surface area contributed by atoms with Crippen LogP contribution in [0.15, 0.2) is 18.3 Å². The second-order valence-corrected chi connectivity index (χ2v) is 3.91. The second kappa shape index (κ2) is 4.82. The van der Waals surface area contributed by atoms with Gasteiger partial charge in [0.25, 0.3) is 5.91 Å². The number of carboxylic acids is 1. The molecule has 0 radical (unpaired) electrons. The smallest absolute Gasteiger partial charge is 0.329 e. The molecule has 1 amide bonds. The molecule has 0 saturated carbocycles. The van der Waals surface area contributed by atoms with Crippen molar-refractivity contribution in [1.82, 2.24) is 4.98 Å². The molecule has 0 aliphatic carbocycles. The Morgan fingerprint density at radius 2 is 2.24 bits per heavy atom. The molecule has 0 aromatic carbocycles. The van der Waals surface area contributed by atoms with Crippen molar-refractivity contribution < 1.29 is 14.7 Å². The molecule has 0 aliphatic heterocycles. The van der Waals surface area contributed by atoms with E-state index in [1.165, 1.54) is 12.3 Å². The summed E-state index contributed by atoms with van der Waals surface area (Å²) in [6.45, 7) is 3.33. The van der Waals surface area contributed by atoms with E-state index in [1.807, 2.05) is 0 Å². The van der Waals surface area contributed by atoms with Crippen molar-refractivity contribution in [2.24, 2.45) is 5.73 Å². The molecule has 6 nitrogen and oxygen atoms in total. The fourth-order valence-corrected chi connectivity index (χ4v) is 1.25. The zero-order chi connectivity index (χ0) is 13.1. The Morgan fingerprint density at radius 1 is 1.59 bits per heavy atom. The number of aromatic nitrogens is 1. The van der Waals surface area contributed by atoms with E-state index in [2.05, 4.69) is 10.3 Å². The third-order valence-corrected chi connectivity index (χ3v) is 2.61. The number of hydrogen-bond acceptors (Lipinski definition) is 4. The quantitative estimate of drug-likeness (QED) is 0.703. The van der Waals surface area contributed by atoms with Crippen molar-refractivity contribution >= 4 is 17.6 Å². The number of primary amides is 1. The van der Waals surface area contributed by atoms with Crippen molar-refractivity contribution in [3.63, 3.8) is 0 Å². The Hall–Kier alpha value is -2.11. The average Bonchev–Trinajstić information content (AvgIpc) is 2.29. The lowest BCUT2D eigenvalue weighted by molar-refractivity contribution is -0.141. The van der Waals surface area contributed by atoms with Gasteiger partial charge in [0.1, 0.15) is 11.2 Å². The van der Waals surface area contributed by atoms with E-state index in [4.69, 9.17) is 10.8 Å². The lowest BCUT2D eigenvalue weighted by atomic mass is 9.99. The number of anilines is 1. The van der Waals surface area contributed by atoms with Crippen LogP contribution in [0.2, 0.25) is 0 Å². The summed E-state index contributed by atoms with van der Waals surface area (Å²) >= 11 is 0. The first-order valence-electron chi connectivity index (χ1n) is 5.16. The van der Waals surface area contributed by atoms with Gasteiger partial charge < -0.3 is 16.2 Å². The van der Waals surface area contributed by atoms with E-state index >= 15 is 0 Å². The molecule has 1 rings (SSSR count). The molecule has 0 saturated heterocycles. The highest BCUT2D eigenvalue weighted by Crippen LogP contribution is 2.18. The minimum absolute atomic E-state index is 0.0961. The lowest BCUT2D eigenvalue weighted by Gasteiger charge is -2.25. The number of carboxylic acid groups (broad SMARTS) is 1. The fourth-order valence-electron chi connectivity index (χ4n) is 1.25. The van der Waals surface area contributed by atoms with Crippen LogP contribution in [0.1, 0.15) is 30.8 Å². The number of carbonyl (C=O) groups is 2. The molecule has 1 unspecified atom stereocenters. The highest BCUT2D eigenvalue weighted by Gasteiger charge is 2.30. The number of aliphatic carboxylic acids is 1. The molecule has 0 spiro atoms. The minimum atomic E-state index is -1.09. The van der Waals surface area contributed by atoms with E-state index in [-0.39, 0.29) is 5.69 Å². The predicted octanol–water partition coefficient (Wildman–Crippen LogP) is 0.846. The normalized spacial score (nSPS) is 13.8. The van der Waals surface area contributed by atoms with E-state index in [0.717, 1.165) is 0 Å². The summed E-state index contributed by atoms with van der Waals surface area (Å²) in [6.07, 6.45) is 1.80. The molecular formula is C11H15N3O3. The molecule has 1 aromatic heterocycles. The summed E-state index contributed by atoms with van der Waals surface area (Å²) in [7, 11) is 0. The van der Waals surface area contributed by atoms with Crippen molar-refractivity contribution in [3.05, 3.63) is 24.0 Å². The van der Waals surface area contributed by atoms with E-state index in [9.17, 15) is 9.59 Å². The van der Waals surface area contributed by atoms with Crippen LogP contribution in [0.25, 0.3) is 0 Å². The van der Waals surface area contributed by atoms with Crippen LogP contribution in [-0.4, -0.2) is 27.5 Å². The number of nitrogens with zero attached hydrogens (tertiary/aromatic N) is 1. The molecule has 0 bridgehead atoms. The number of amides is 1. The number of rotatable bonds is 5. The second-order valence-electron chi connectivity index (χ2n) is 3.91. The molecule has 0 fully saturated rings. The van der Waals surface area contributed by atoms with Crippen LogP contribution < -0.4 is 11.1 Å². The van der Waals surface area contributed by atoms with Crippen molar-refractivity contribution in [2.45, 2.75) is 25.8 Å². The van der Waals surface area contributed by atoms with Gasteiger partial charge in [-0.2, -0.15) is 0 Å². The largest absolute Gasteiger partial charge is 0.480 e. The SMILES string of the molecule is CCC(C)(Nc1ccnc(C(N)=O)c1)C(=O)O. The zero-order valence-electron chi connectivity index (χ0n) is 9.73. The molecule has 1 heterocycles. The predicted molar refractivity (Wildman–Crippen MR) is 62.7 cm³/mol. The maximum Gasteiger partial charge on any atom is 0.329 e. The monoisotopic (exact) mass is 237 g/mol. The van der Waals surface area contributed by atoms with Crippen LogP contribution in [0.5, 0.6) is 0 Å². The fraction of sp³-hybridized carbons (Fsp3) is 0.364. The number of carbonyl (C=O) groups excluding carboxylic acids is 1.